The number of aromatic nitrogens is 3. The summed E-state index contributed by atoms with van der Waals surface area (Å²) in [6, 6.07) is 23.7. The average Bonchev–Trinajstić information content (AvgIpc) is 3.26. The maximum absolute atomic E-state index is 13.7. The van der Waals surface area contributed by atoms with Crippen LogP contribution >= 0.6 is 0 Å². The van der Waals surface area contributed by atoms with Gasteiger partial charge in [0.05, 0.1) is 35.5 Å². The lowest BCUT2D eigenvalue weighted by atomic mass is 9.99. The summed E-state index contributed by atoms with van der Waals surface area (Å²) in [5.41, 5.74) is 7.56. The van der Waals surface area contributed by atoms with Crippen molar-refractivity contribution in [2.75, 3.05) is 39.3 Å². The van der Waals surface area contributed by atoms with Crippen molar-refractivity contribution >= 4 is 58.1 Å². The number of fused-ring (bicyclic) bond motifs is 2. The lowest BCUT2D eigenvalue weighted by Gasteiger charge is -2.35. The van der Waals surface area contributed by atoms with Crippen LogP contribution in [0.15, 0.2) is 96.2 Å². The average molecular weight is 638 g/mol. The van der Waals surface area contributed by atoms with Crippen molar-refractivity contribution in [1.29, 1.82) is 0 Å². The molecule has 7 rings (SSSR count). The Labute approximate surface area is 276 Å². The predicted molar refractivity (Wildman–Crippen MR) is 185 cm³/mol. The van der Waals surface area contributed by atoms with Crippen molar-refractivity contribution in [2.45, 2.75) is 20.4 Å². The van der Waals surface area contributed by atoms with E-state index < -0.39 is 0 Å². The van der Waals surface area contributed by atoms with E-state index in [0.717, 1.165) is 33.6 Å². The monoisotopic (exact) mass is 637 g/mol. The molecule has 2 aliphatic rings. The van der Waals surface area contributed by atoms with Crippen molar-refractivity contribution in [2.24, 2.45) is 4.99 Å². The molecule has 12 heteroatoms. The largest absolute Gasteiger partial charge is 0.330 e. The summed E-state index contributed by atoms with van der Waals surface area (Å²) in [6.07, 6.45) is 3.40. The molecule has 0 saturated carbocycles. The minimum absolute atomic E-state index is 0.0171. The molecule has 0 radical (unpaired) electrons. The number of aliphatic imine (C=N–C) groups is 1. The number of urea groups is 1. The van der Waals surface area contributed by atoms with Crippen LogP contribution in [0.4, 0.5) is 39.3 Å². The van der Waals surface area contributed by atoms with Crippen molar-refractivity contribution in [3.05, 3.63) is 125 Å². The van der Waals surface area contributed by atoms with E-state index in [1.165, 1.54) is 4.90 Å². The maximum Gasteiger partial charge on any atom is 0.330 e. The van der Waals surface area contributed by atoms with E-state index >= 15 is 0 Å². The van der Waals surface area contributed by atoms with Crippen molar-refractivity contribution in [3.63, 3.8) is 0 Å². The molecule has 0 bridgehead atoms. The second kappa shape index (κ2) is 12.4. The molecule has 12 nitrogen and oxygen atoms in total. The van der Waals surface area contributed by atoms with Crippen LogP contribution in [-0.2, 0) is 11.3 Å². The molecule has 4 amide bonds. The third-order valence-corrected chi connectivity index (χ3v) is 8.17. The molecular weight excluding hydrogens is 606 g/mol. The number of amides is 4. The van der Waals surface area contributed by atoms with E-state index in [4.69, 9.17) is 0 Å². The summed E-state index contributed by atoms with van der Waals surface area (Å²) in [6.45, 7) is 4.05. The molecule has 3 aromatic carbocycles. The van der Waals surface area contributed by atoms with E-state index in [-0.39, 0.29) is 30.9 Å². The van der Waals surface area contributed by atoms with Crippen LogP contribution in [-0.4, -0.2) is 52.1 Å². The molecule has 0 atom stereocenters. The van der Waals surface area contributed by atoms with Gasteiger partial charge in [-0.1, -0.05) is 36.4 Å². The molecule has 0 saturated heterocycles. The van der Waals surface area contributed by atoms with Crippen molar-refractivity contribution in [1.82, 2.24) is 15.0 Å². The van der Waals surface area contributed by atoms with Gasteiger partial charge in [0.15, 0.2) is 0 Å². The summed E-state index contributed by atoms with van der Waals surface area (Å²) in [5.74, 6) is 0.233. The molecule has 2 aliphatic heterocycles. The van der Waals surface area contributed by atoms with Gasteiger partial charge in [-0.3, -0.25) is 29.4 Å². The number of carbonyl (C=O) groups excluding carboxylic acids is 3. The van der Waals surface area contributed by atoms with Crippen molar-refractivity contribution in [3.8, 4) is 0 Å². The Kier molecular flexibility index (Phi) is 7.81. The van der Waals surface area contributed by atoms with Gasteiger partial charge in [0, 0.05) is 46.9 Å². The van der Waals surface area contributed by atoms with Gasteiger partial charge < -0.3 is 16.0 Å². The van der Waals surface area contributed by atoms with E-state index in [2.05, 4.69) is 35.9 Å². The summed E-state index contributed by atoms with van der Waals surface area (Å²) >= 11 is 0. The number of rotatable bonds is 6. The van der Waals surface area contributed by atoms with E-state index in [9.17, 15) is 14.4 Å². The Morgan fingerprint density at radius 3 is 2.50 bits per heavy atom. The highest BCUT2D eigenvalue weighted by Gasteiger charge is 2.32. The lowest BCUT2D eigenvalue weighted by molar-refractivity contribution is -0.114. The van der Waals surface area contributed by atoms with Gasteiger partial charge in [0.1, 0.15) is 12.4 Å². The van der Waals surface area contributed by atoms with Crippen LogP contribution < -0.4 is 25.8 Å². The van der Waals surface area contributed by atoms with E-state index in [1.54, 1.807) is 54.7 Å². The molecule has 3 N–H and O–H groups in total. The molecule has 0 unspecified atom stereocenters. The van der Waals surface area contributed by atoms with E-state index in [0.29, 0.717) is 40.1 Å². The van der Waals surface area contributed by atoms with Gasteiger partial charge in [0.2, 0.25) is 11.9 Å². The zero-order chi connectivity index (χ0) is 33.4. The van der Waals surface area contributed by atoms with Crippen LogP contribution in [0.1, 0.15) is 38.3 Å². The van der Waals surface area contributed by atoms with Crippen LogP contribution in [0.25, 0.3) is 0 Å². The van der Waals surface area contributed by atoms with E-state index in [1.807, 2.05) is 62.4 Å². The third-order valence-electron chi connectivity index (χ3n) is 8.17. The Morgan fingerprint density at radius 2 is 1.71 bits per heavy atom. The Morgan fingerprint density at radius 1 is 0.896 bits per heavy atom. The minimum atomic E-state index is -0.367. The standard InChI is InChI=1S/C36H31N9O3/c1-21-9-12-26(40-34(47)24-11-14-28-29(15-24)42-31(46)19-38-32(28)23-7-5-4-6-8-23)16-30(21)45-20-25-17-39-35(43-33(25)44(3)36(45)48)41-27-13-10-22(2)37-18-27/h4-18H,19-20H2,1-3H3,(H,40,47)(H,42,46)(H,39,41,43). The molecule has 0 spiro atoms. The normalized spacial score (nSPS) is 13.9. The fourth-order valence-electron chi connectivity index (χ4n) is 5.67. The number of pyridine rings is 1. The highest BCUT2D eigenvalue weighted by atomic mass is 16.2. The molecular formula is C36H31N9O3. The first-order valence-electron chi connectivity index (χ1n) is 15.3. The number of aryl methyl sites for hydroxylation is 2. The van der Waals surface area contributed by atoms with Gasteiger partial charge >= 0.3 is 6.03 Å². The first-order valence-corrected chi connectivity index (χ1v) is 15.3. The summed E-state index contributed by atoms with van der Waals surface area (Å²) in [7, 11) is 1.67. The molecule has 4 heterocycles. The molecule has 0 aliphatic carbocycles. The van der Waals surface area contributed by atoms with Crippen LogP contribution in [0.2, 0.25) is 0 Å². The second-order valence-electron chi connectivity index (χ2n) is 11.6. The third kappa shape index (κ3) is 5.94. The highest BCUT2D eigenvalue weighted by Crippen LogP contribution is 2.34. The summed E-state index contributed by atoms with van der Waals surface area (Å²) in [5, 5.41) is 8.96. The van der Waals surface area contributed by atoms with Gasteiger partial charge in [-0.2, -0.15) is 4.98 Å². The van der Waals surface area contributed by atoms with Crippen molar-refractivity contribution < 1.29 is 14.4 Å². The smallest absolute Gasteiger partial charge is 0.324 e. The Bertz CT molecular complexity index is 2110. The van der Waals surface area contributed by atoms with Crippen LogP contribution in [0.3, 0.4) is 0 Å². The SMILES string of the molecule is Cc1ccc(Nc2ncc3c(n2)N(C)C(=O)N(c2cc(NC(=O)c4ccc5c(c4)NC(=O)CN=C5c4ccccc4)ccc2C)C3)cn1. The first kappa shape index (κ1) is 30.2. The number of benzene rings is 3. The van der Waals surface area contributed by atoms with Gasteiger partial charge in [0.25, 0.3) is 5.91 Å². The quantitative estimate of drug-likeness (QED) is 0.212. The number of benzodiazepines with no additional fused rings is 1. The number of nitrogens with zero attached hydrogens (tertiary/aromatic N) is 6. The predicted octanol–water partition coefficient (Wildman–Crippen LogP) is 5.85. The topological polar surface area (TPSA) is 145 Å². The zero-order valence-corrected chi connectivity index (χ0v) is 26.5. The molecule has 5 aromatic rings. The van der Waals surface area contributed by atoms with Gasteiger partial charge in [-0.15, -0.1) is 0 Å². The number of hydrogen-bond acceptors (Lipinski definition) is 8. The second-order valence-corrected chi connectivity index (χ2v) is 11.6. The van der Waals surface area contributed by atoms with Crippen LogP contribution in [0, 0.1) is 13.8 Å². The Balaban J connectivity index is 1.11. The Hall–Kier alpha value is -6.43. The zero-order valence-electron chi connectivity index (χ0n) is 26.5. The first-order chi connectivity index (χ1) is 23.2. The summed E-state index contributed by atoms with van der Waals surface area (Å²) in [4.78, 5) is 60.6. The van der Waals surface area contributed by atoms with Gasteiger partial charge in [-0.25, -0.2) is 9.78 Å². The minimum Gasteiger partial charge on any atom is -0.324 e. The molecule has 0 fully saturated rings. The number of anilines is 6. The molecule has 238 valence electrons. The highest BCUT2D eigenvalue weighted by molar-refractivity contribution is 6.20. The number of nitrogens with one attached hydrogen (secondary N) is 3. The number of hydrogen-bond donors (Lipinski definition) is 3. The van der Waals surface area contributed by atoms with Crippen LogP contribution in [0.5, 0.6) is 0 Å². The lowest BCUT2D eigenvalue weighted by Crippen LogP contribution is -2.46. The fraction of sp³-hybridized carbons (Fsp3) is 0.139. The molecule has 48 heavy (non-hydrogen) atoms. The number of carbonyl (C=O) groups is 3. The summed E-state index contributed by atoms with van der Waals surface area (Å²) < 4.78 is 0. The molecule has 2 aromatic heterocycles. The maximum atomic E-state index is 13.7. The fourth-order valence-corrected chi connectivity index (χ4v) is 5.67. The van der Waals surface area contributed by atoms with Gasteiger partial charge in [-0.05, 0) is 61.9 Å².